The second-order valence-electron chi connectivity index (χ2n) is 6.53. The molecule has 0 radical (unpaired) electrons. The number of anilines is 1. The quantitative estimate of drug-likeness (QED) is 0.311. The molecule has 0 bridgehead atoms. The van der Waals surface area contributed by atoms with Gasteiger partial charge in [-0.15, -0.1) is 19.1 Å². The van der Waals surface area contributed by atoms with E-state index in [1.54, 1.807) is 37.3 Å². The molecule has 0 fully saturated rings. The molecule has 6 nitrogen and oxygen atoms in total. The molecule has 2 rings (SSSR count). The van der Waals surface area contributed by atoms with Crippen molar-refractivity contribution in [1.29, 1.82) is 0 Å². The summed E-state index contributed by atoms with van der Waals surface area (Å²) < 4.78 is 27.2. The van der Waals surface area contributed by atoms with E-state index in [0.717, 1.165) is 10.9 Å². The zero-order valence-electron chi connectivity index (χ0n) is 17.5. The summed E-state index contributed by atoms with van der Waals surface area (Å²) in [5, 5.41) is 5.30. The molecule has 0 saturated heterocycles. The van der Waals surface area contributed by atoms with E-state index >= 15 is 0 Å². The highest BCUT2D eigenvalue weighted by Crippen LogP contribution is 2.25. The van der Waals surface area contributed by atoms with Crippen LogP contribution in [-0.4, -0.2) is 27.8 Å². The average Bonchev–Trinajstić information content (AvgIpc) is 3.11. The number of halogens is 2. The van der Waals surface area contributed by atoms with Crippen LogP contribution in [0.25, 0.3) is 5.70 Å². The van der Waals surface area contributed by atoms with Crippen molar-refractivity contribution in [2.24, 2.45) is 0 Å². The number of allylic oxidation sites excluding steroid dienone is 5. The summed E-state index contributed by atoms with van der Waals surface area (Å²) >= 11 is 4.18. The van der Waals surface area contributed by atoms with Crippen LogP contribution in [0.2, 0.25) is 0 Å². The third kappa shape index (κ3) is 6.68. The molecule has 0 unspecified atom stereocenters. The Labute approximate surface area is 190 Å². The first-order valence-corrected chi connectivity index (χ1v) is 9.92. The topological polar surface area (TPSA) is 76.0 Å². The van der Waals surface area contributed by atoms with Gasteiger partial charge in [-0.25, -0.2) is 13.8 Å². The number of nitrogens with zero attached hydrogens (tertiary/aromatic N) is 2. The maximum absolute atomic E-state index is 13.1. The minimum atomic E-state index is -2.72. The summed E-state index contributed by atoms with van der Waals surface area (Å²) in [6.45, 7) is 3.15. The average molecular weight is 457 g/mol. The SMILES string of the molecule is C#C/C(=C\C=C(/C)NC(=O)c1ccccc1)CC(=O)Nc1ncn(/C(=C\C)C(F)F)c1S. The first kappa shape index (κ1) is 24.6. The van der Waals surface area contributed by atoms with E-state index < -0.39 is 12.3 Å². The Balaban J connectivity index is 2.03. The Kier molecular flexibility index (Phi) is 8.98. The molecule has 1 heterocycles. The van der Waals surface area contributed by atoms with Gasteiger partial charge in [0.05, 0.1) is 12.1 Å². The fourth-order valence-electron chi connectivity index (χ4n) is 2.60. The van der Waals surface area contributed by atoms with Crippen LogP contribution < -0.4 is 10.6 Å². The number of hydrogen-bond acceptors (Lipinski definition) is 4. The van der Waals surface area contributed by atoms with Crippen LogP contribution in [0.3, 0.4) is 0 Å². The van der Waals surface area contributed by atoms with Crippen molar-refractivity contribution in [2.45, 2.75) is 31.7 Å². The third-order valence-electron chi connectivity index (χ3n) is 4.22. The van der Waals surface area contributed by atoms with E-state index in [2.05, 4.69) is 34.2 Å². The second-order valence-corrected chi connectivity index (χ2v) is 6.96. The van der Waals surface area contributed by atoms with Crippen molar-refractivity contribution in [3.8, 4) is 12.3 Å². The van der Waals surface area contributed by atoms with Crippen LogP contribution in [0.15, 0.2) is 71.2 Å². The van der Waals surface area contributed by atoms with Gasteiger partial charge in [0, 0.05) is 16.8 Å². The summed E-state index contributed by atoms with van der Waals surface area (Å²) in [6, 6.07) is 8.70. The first-order chi connectivity index (χ1) is 15.3. The van der Waals surface area contributed by atoms with E-state index in [1.165, 1.54) is 19.1 Å². The summed E-state index contributed by atoms with van der Waals surface area (Å²) in [5.41, 5.74) is 1.09. The largest absolute Gasteiger partial charge is 0.326 e. The smallest absolute Gasteiger partial charge is 0.278 e. The van der Waals surface area contributed by atoms with Crippen molar-refractivity contribution in [2.75, 3.05) is 5.32 Å². The lowest BCUT2D eigenvalue weighted by Gasteiger charge is -2.09. The highest BCUT2D eigenvalue weighted by molar-refractivity contribution is 7.80. The van der Waals surface area contributed by atoms with Crippen molar-refractivity contribution in [1.82, 2.24) is 14.9 Å². The van der Waals surface area contributed by atoms with Crippen molar-refractivity contribution in [3.05, 3.63) is 71.7 Å². The van der Waals surface area contributed by atoms with E-state index in [4.69, 9.17) is 6.42 Å². The van der Waals surface area contributed by atoms with Gasteiger partial charge < -0.3 is 10.6 Å². The van der Waals surface area contributed by atoms with Gasteiger partial charge in [0.15, 0.2) is 5.82 Å². The number of terminal acetylenes is 1. The molecule has 0 saturated carbocycles. The number of nitrogens with one attached hydrogen (secondary N) is 2. The van der Waals surface area contributed by atoms with Crippen LogP contribution in [-0.2, 0) is 4.79 Å². The maximum atomic E-state index is 13.1. The molecule has 1 aromatic heterocycles. The molecule has 0 spiro atoms. The van der Waals surface area contributed by atoms with E-state index in [9.17, 15) is 18.4 Å². The van der Waals surface area contributed by atoms with Gasteiger partial charge >= 0.3 is 0 Å². The number of rotatable bonds is 8. The molecule has 2 amide bonds. The number of benzene rings is 1. The standard InChI is InChI=1S/C23H22F2N4O2S/c1-4-16(12-11-15(3)27-22(31)17-9-7-6-8-10-17)13-19(30)28-21-23(32)29(14-26-21)18(5-2)20(24)25/h1,5-12,14,20,32H,13H2,2-3H3,(H,27,31)(H,28,30)/b15-11+,16-12+,18-5-. The van der Waals surface area contributed by atoms with E-state index in [-0.39, 0.29) is 28.9 Å². The van der Waals surface area contributed by atoms with Gasteiger partial charge in [-0.2, -0.15) is 0 Å². The zero-order chi connectivity index (χ0) is 23.7. The number of aromatic nitrogens is 2. The lowest BCUT2D eigenvalue weighted by atomic mass is 10.1. The Hall–Kier alpha value is -3.64. The molecule has 9 heteroatoms. The van der Waals surface area contributed by atoms with Crippen LogP contribution in [0.4, 0.5) is 14.6 Å². The molecule has 2 N–H and O–H groups in total. The highest BCUT2D eigenvalue weighted by Gasteiger charge is 2.18. The van der Waals surface area contributed by atoms with E-state index in [0.29, 0.717) is 16.8 Å². The van der Waals surface area contributed by atoms with Crippen LogP contribution in [0.5, 0.6) is 0 Å². The van der Waals surface area contributed by atoms with Crippen LogP contribution in [0, 0.1) is 12.3 Å². The molecule has 0 atom stereocenters. The molecule has 0 aliphatic heterocycles. The summed E-state index contributed by atoms with van der Waals surface area (Å²) in [5.74, 6) is 1.69. The normalized spacial score (nSPS) is 12.5. The molecule has 0 aliphatic carbocycles. The fourth-order valence-corrected chi connectivity index (χ4v) is 2.89. The van der Waals surface area contributed by atoms with Crippen LogP contribution >= 0.6 is 12.6 Å². The number of thiol groups is 1. The minimum Gasteiger partial charge on any atom is -0.326 e. The Morgan fingerprint density at radius 2 is 1.97 bits per heavy atom. The van der Waals surface area contributed by atoms with Crippen LogP contribution in [0.1, 0.15) is 30.6 Å². The van der Waals surface area contributed by atoms with Gasteiger partial charge in [0.1, 0.15) is 11.4 Å². The molecular formula is C23H22F2N4O2S. The molecule has 1 aromatic carbocycles. The van der Waals surface area contributed by atoms with Gasteiger partial charge in [-0.1, -0.05) is 30.2 Å². The molecule has 2 aromatic rings. The van der Waals surface area contributed by atoms with Gasteiger partial charge in [0.25, 0.3) is 12.3 Å². The predicted octanol–water partition coefficient (Wildman–Crippen LogP) is 4.52. The monoisotopic (exact) mass is 456 g/mol. The Morgan fingerprint density at radius 1 is 1.28 bits per heavy atom. The number of hydrogen-bond donors (Lipinski definition) is 3. The van der Waals surface area contributed by atoms with Crippen molar-refractivity contribution >= 4 is 36.0 Å². The van der Waals surface area contributed by atoms with Crippen molar-refractivity contribution in [3.63, 3.8) is 0 Å². The third-order valence-corrected chi connectivity index (χ3v) is 4.64. The number of amides is 2. The first-order valence-electron chi connectivity index (χ1n) is 9.48. The van der Waals surface area contributed by atoms with Crippen molar-refractivity contribution < 1.29 is 18.4 Å². The second kappa shape index (κ2) is 11.7. The zero-order valence-corrected chi connectivity index (χ0v) is 18.4. The number of carbonyl (C=O) groups is 2. The number of carbonyl (C=O) groups excluding carboxylic acids is 2. The lowest BCUT2D eigenvalue weighted by Crippen LogP contribution is -2.21. The Morgan fingerprint density at radius 3 is 2.56 bits per heavy atom. The Bertz CT molecular complexity index is 1110. The minimum absolute atomic E-state index is 0.0385. The number of imidazole rings is 1. The number of alkyl halides is 2. The lowest BCUT2D eigenvalue weighted by molar-refractivity contribution is -0.115. The summed E-state index contributed by atoms with van der Waals surface area (Å²) in [7, 11) is 0. The molecule has 0 aliphatic rings. The summed E-state index contributed by atoms with van der Waals surface area (Å²) in [4.78, 5) is 28.4. The molecule has 32 heavy (non-hydrogen) atoms. The summed E-state index contributed by atoms with van der Waals surface area (Å²) in [6.07, 6.45) is 8.11. The van der Waals surface area contributed by atoms with Gasteiger partial charge in [-0.3, -0.25) is 14.2 Å². The molecule has 166 valence electrons. The van der Waals surface area contributed by atoms with Gasteiger partial charge in [0.2, 0.25) is 5.91 Å². The fraction of sp³-hybridized carbons (Fsp3) is 0.174. The van der Waals surface area contributed by atoms with Gasteiger partial charge in [-0.05, 0) is 38.1 Å². The highest BCUT2D eigenvalue weighted by atomic mass is 32.1. The predicted molar refractivity (Wildman–Crippen MR) is 123 cm³/mol. The van der Waals surface area contributed by atoms with E-state index in [1.807, 2.05) is 6.07 Å². The molecular weight excluding hydrogens is 434 g/mol. The maximum Gasteiger partial charge on any atom is 0.278 e.